The van der Waals surface area contributed by atoms with E-state index in [1.165, 1.54) is 0 Å². The lowest BCUT2D eigenvalue weighted by Gasteiger charge is -2.36. The summed E-state index contributed by atoms with van der Waals surface area (Å²) in [5.41, 5.74) is -0.639. The van der Waals surface area contributed by atoms with Gasteiger partial charge < -0.3 is 9.84 Å². The fraction of sp³-hybridized carbons (Fsp3) is 0.700. The average molecular weight is 184 g/mol. The molecule has 1 unspecified atom stereocenters. The van der Waals surface area contributed by atoms with E-state index in [0.717, 1.165) is 0 Å². The van der Waals surface area contributed by atoms with Gasteiger partial charge in [-0.15, -0.1) is 6.58 Å². The Hall–Kier alpha value is -0.830. The smallest absolute Gasteiger partial charge is 0.310 e. The van der Waals surface area contributed by atoms with E-state index < -0.39 is 11.4 Å². The van der Waals surface area contributed by atoms with Crippen molar-refractivity contribution in [2.75, 3.05) is 13.2 Å². The lowest BCUT2D eigenvalue weighted by molar-refractivity contribution is -0.158. The molecule has 0 amide bonds. The number of aliphatic carboxylic acids is 1. The van der Waals surface area contributed by atoms with Gasteiger partial charge in [0, 0.05) is 13.2 Å². The Kier molecular flexibility index (Phi) is 3.09. The fourth-order valence-corrected chi connectivity index (χ4v) is 1.83. The summed E-state index contributed by atoms with van der Waals surface area (Å²) in [5, 5.41) is 9.19. The van der Waals surface area contributed by atoms with Crippen LogP contribution in [0, 0.1) is 11.3 Å². The molecule has 1 rings (SSSR count). The summed E-state index contributed by atoms with van der Waals surface area (Å²) < 4.78 is 5.17. The Labute approximate surface area is 78.4 Å². The Morgan fingerprint density at radius 1 is 1.62 bits per heavy atom. The fourth-order valence-electron chi connectivity index (χ4n) is 1.83. The summed E-state index contributed by atoms with van der Waals surface area (Å²) in [4.78, 5) is 11.2. The van der Waals surface area contributed by atoms with Crippen molar-refractivity contribution < 1.29 is 14.6 Å². The van der Waals surface area contributed by atoms with Crippen LogP contribution in [0.1, 0.15) is 19.8 Å². The van der Waals surface area contributed by atoms with Gasteiger partial charge in [0.1, 0.15) is 0 Å². The molecule has 1 atom stereocenters. The van der Waals surface area contributed by atoms with Gasteiger partial charge in [0.15, 0.2) is 0 Å². The maximum atomic E-state index is 11.2. The molecule has 1 aliphatic rings. The van der Waals surface area contributed by atoms with Crippen molar-refractivity contribution >= 4 is 5.97 Å². The lowest BCUT2D eigenvalue weighted by Crippen LogP contribution is -2.41. The molecule has 1 N–H and O–H groups in total. The zero-order valence-corrected chi connectivity index (χ0v) is 7.95. The van der Waals surface area contributed by atoms with Gasteiger partial charge in [0.25, 0.3) is 0 Å². The SMILES string of the molecule is C=CC(C)C1(C(=O)O)CCOCC1. The van der Waals surface area contributed by atoms with Crippen molar-refractivity contribution in [3.05, 3.63) is 12.7 Å². The van der Waals surface area contributed by atoms with Gasteiger partial charge in [-0.25, -0.2) is 0 Å². The molecule has 74 valence electrons. The zero-order chi connectivity index (χ0) is 9.90. The third kappa shape index (κ3) is 1.75. The molecule has 0 aromatic carbocycles. The number of hydrogen-bond donors (Lipinski definition) is 1. The van der Waals surface area contributed by atoms with E-state index >= 15 is 0 Å². The molecule has 3 heteroatoms. The Balaban J connectivity index is 2.84. The number of allylic oxidation sites excluding steroid dienone is 1. The van der Waals surface area contributed by atoms with Crippen LogP contribution in [0.5, 0.6) is 0 Å². The van der Waals surface area contributed by atoms with Crippen LogP contribution in [-0.4, -0.2) is 24.3 Å². The molecule has 0 bridgehead atoms. The minimum atomic E-state index is -0.719. The first-order valence-corrected chi connectivity index (χ1v) is 4.57. The molecule has 0 radical (unpaired) electrons. The van der Waals surface area contributed by atoms with Crippen LogP contribution >= 0.6 is 0 Å². The summed E-state index contributed by atoms with van der Waals surface area (Å²) in [6, 6.07) is 0. The van der Waals surface area contributed by atoms with E-state index in [0.29, 0.717) is 26.1 Å². The van der Waals surface area contributed by atoms with E-state index in [-0.39, 0.29) is 5.92 Å². The van der Waals surface area contributed by atoms with E-state index in [2.05, 4.69) is 6.58 Å². The third-order valence-electron chi connectivity index (χ3n) is 3.04. The van der Waals surface area contributed by atoms with Crippen molar-refractivity contribution in [3.8, 4) is 0 Å². The van der Waals surface area contributed by atoms with Gasteiger partial charge in [0.05, 0.1) is 5.41 Å². The largest absolute Gasteiger partial charge is 0.481 e. The Morgan fingerprint density at radius 3 is 2.54 bits per heavy atom. The van der Waals surface area contributed by atoms with Crippen molar-refractivity contribution in [1.29, 1.82) is 0 Å². The van der Waals surface area contributed by atoms with Crippen LogP contribution in [0.25, 0.3) is 0 Å². The van der Waals surface area contributed by atoms with Crippen LogP contribution in [-0.2, 0) is 9.53 Å². The predicted molar refractivity (Wildman–Crippen MR) is 49.5 cm³/mol. The molecule has 1 saturated heterocycles. The molecular weight excluding hydrogens is 168 g/mol. The maximum absolute atomic E-state index is 11.2. The van der Waals surface area contributed by atoms with E-state index in [1.54, 1.807) is 6.08 Å². The molecule has 0 aliphatic carbocycles. The molecular formula is C10H16O3. The highest BCUT2D eigenvalue weighted by atomic mass is 16.5. The van der Waals surface area contributed by atoms with Crippen molar-refractivity contribution in [2.24, 2.45) is 11.3 Å². The first kappa shape index (κ1) is 10.3. The highest BCUT2D eigenvalue weighted by molar-refractivity contribution is 5.75. The molecule has 0 saturated carbocycles. The van der Waals surface area contributed by atoms with Gasteiger partial charge in [0.2, 0.25) is 0 Å². The first-order chi connectivity index (χ1) is 6.13. The van der Waals surface area contributed by atoms with Crippen LogP contribution in [0.15, 0.2) is 12.7 Å². The predicted octanol–water partition coefficient (Wildman–Crippen LogP) is 1.69. The molecule has 0 aromatic rings. The molecule has 13 heavy (non-hydrogen) atoms. The number of ether oxygens (including phenoxy) is 1. The second kappa shape index (κ2) is 3.92. The summed E-state index contributed by atoms with van der Waals surface area (Å²) in [6.07, 6.45) is 2.91. The number of carboxylic acid groups (broad SMARTS) is 1. The lowest BCUT2D eigenvalue weighted by atomic mass is 9.70. The van der Waals surface area contributed by atoms with Crippen LogP contribution in [0.3, 0.4) is 0 Å². The monoisotopic (exact) mass is 184 g/mol. The number of carbonyl (C=O) groups is 1. The van der Waals surface area contributed by atoms with Crippen LogP contribution < -0.4 is 0 Å². The van der Waals surface area contributed by atoms with Crippen LogP contribution in [0.4, 0.5) is 0 Å². The third-order valence-corrected chi connectivity index (χ3v) is 3.04. The summed E-state index contributed by atoms with van der Waals surface area (Å²) in [7, 11) is 0. The molecule has 0 spiro atoms. The molecule has 3 nitrogen and oxygen atoms in total. The van der Waals surface area contributed by atoms with Crippen molar-refractivity contribution in [2.45, 2.75) is 19.8 Å². The zero-order valence-electron chi connectivity index (χ0n) is 7.95. The molecule has 1 fully saturated rings. The minimum absolute atomic E-state index is 0.00824. The number of rotatable bonds is 3. The summed E-state index contributed by atoms with van der Waals surface area (Å²) in [6.45, 7) is 6.66. The number of carboxylic acids is 1. The summed E-state index contributed by atoms with van der Waals surface area (Å²) in [5.74, 6) is -0.711. The standard InChI is InChI=1S/C10H16O3/c1-3-8(2)10(9(11)12)4-6-13-7-5-10/h3,8H,1,4-7H2,2H3,(H,11,12). The van der Waals surface area contributed by atoms with Gasteiger partial charge in [-0.3, -0.25) is 4.79 Å². The Bertz CT molecular complexity index is 204. The van der Waals surface area contributed by atoms with Gasteiger partial charge in [-0.2, -0.15) is 0 Å². The quantitative estimate of drug-likeness (QED) is 0.679. The highest BCUT2D eigenvalue weighted by Gasteiger charge is 2.43. The maximum Gasteiger partial charge on any atom is 0.310 e. The van der Waals surface area contributed by atoms with E-state index in [9.17, 15) is 9.90 Å². The average Bonchev–Trinajstić information content (AvgIpc) is 2.17. The van der Waals surface area contributed by atoms with Gasteiger partial charge in [-0.1, -0.05) is 13.0 Å². The highest BCUT2D eigenvalue weighted by Crippen LogP contribution is 2.38. The van der Waals surface area contributed by atoms with E-state index in [1.807, 2.05) is 6.92 Å². The van der Waals surface area contributed by atoms with E-state index in [4.69, 9.17) is 4.74 Å². The van der Waals surface area contributed by atoms with Crippen molar-refractivity contribution in [1.82, 2.24) is 0 Å². The summed E-state index contributed by atoms with van der Waals surface area (Å²) >= 11 is 0. The second-order valence-corrected chi connectivity index (χ2v) is 3.60. The van der Waals surface area contributed by atoms with Gasteiger partial charge in [-0.05, 0) is 18.8 Å². The van der Waals surface area contributed by atoms with Gasteiger partial charge >= 0.3 is 5.97 Å². The topological polar surface area (TPSA) is 46.5 Å². The minimum Gasteiger partial charge on any atom is -0.481 e. The second-order valence-electron chi connectivity index (χ2n) is 3.60. The first-order valence-electron chi connectivity index (χ1n) is 4.57. The normalized spacial score (nSPS) is 23.5. The Morgan fingerprint density at radius 2 is 2.15 bits per heavy atom. The molecule has 0 aromatic heterocycles. The van der Waals surface area contributed by atoms with Crippen LogP contribution in [0.2, 0.25) is 0 Å². The number of hydrogen-bond acceptors (Lipinski definition) is 2. The van der Waals surface area contributed by atoms with Crippen molar-refractivity contribution in [3.63, 3.8) is 0 Å². The molecule has 1 aliphatic heterocycles. The molecule has 1 heterocycles.